The highest BCUT2D eigenvalue weighted by Crippen LogP contribution is 2.50. The number of ether oxygens (including phenoxy) is 1. The summed E-state index contributed by atoms with van der Waals surface area (Å²) in [6.45, 7) is 5.80. The van der Waals surface area contributed by atoms with E-state index in [1.54, 1.807) is 6.07 Å². The van der Waals surface area contributed by atoms with Gasteiger partial charge in [0.15, 0.2) is 0 Å². The zero-order valence-electron chi connectivity index (χ0n) is 24.5. The Bertz CT molecular complexity index is 1590. The lowest BCUT2D eigenvalue weighted by Gasteiger charge is -2.28. The van der Waals surface area contributed by atoms with E-state index in [2.05, 4.69) is 5.32 Å². The SMILES string of the molecule is COc1cc(C)c(C(C)C)cc1-c1ccc(C(F)(F)F)cc1[C@@H]1CC[C@H]2[C@@H](c3cc(C(F)(F)F)cc(C(F)(F)F)c3)NC(=O)N12. The number of carbonyl (C=O) groups is 1. The van der Waals surface area contributed by atoms with Crippen molar-refractivity contribution in [3.63, 3.8) is 0 Å². The van der Waals surface area contributed by atoms with E-state index in [0.717, 1.165) is 23.3 Å². The minimum atomic E-state index is -5.09. The number of benzene rings is 3. The van der Waals surface area contributed by atoms with Gasteiger partial charge >= 0.3 is 24.6 Å². The van der Waals surface area contributed by atoms with Gasteiger partial charge in [0.05, 0.1) is 41.9 Å². The number of carbonyl (C=O) groups excluding carboxylic acids is 1. The predicted octanol–water partition coefficient (Wildman–Crippen LogP) is 9.82. The molecule has 2 fully saturated rings. The van der Waals surface area contributed by atoms with Gasteiger partial charge in [-0.05, 0) is 96.0 Å². The summed E-state index contributed by atoms with van der Waals surface area (Å²) < 4.78 is 129. The fraction of sp³-hybridized carbons (Fsp3) is 0.406. The average molecular weight is 645 g/mol. The lowest BCUT2D eigenvalue weighted by atomic mass is 9.87. The molecule has 3 atom stereocenters. The van der Waals surface area contributed by atoms with E-state index in [1.807, 2.05) is 26.8 Å². The molecule has 5 rings (SSSR count). The number of hydrogen-bond acceptors (Lipinski definition) is 2. The van der Waals surface area contributed by atoms with Crippen LogP contribution in [0.4, 0.5) is 44.3 Å². The number of amides is 2. The summed E-state index contributed by atoms with van der Waals surface area (Å²) in [5.41, 5.74) is -1.60. The molecule has 0 spiro atoms. The Kier molecular flexibility index (Phi) is 8.06. The molecule has 0 saturated carbocycles. The van der Waals surface area contributed by atoms with Crippen molar-refractivity contribution < 1.29 is 49.0 Å². The number of methoxy groups -OCH3 is 1. The topological polar surface area (TPSA) is 41.6 Å². The molecule has 2 heterocycles. The lowest BCUT2D eigenvalue weighted by molar-refractivity contribution is -0.143. The summed E-state index contributed by atoms with van der Waals surface area (Å²) in [5.74, 6) is 0.447. The average Bonchev–Trinajstić information content (AvgIpc) is 3.52. The van der Waals surface area contributed by atoms with Crippen LogP contribution in [0.2, 0.25) is 0 Å². The largest absolute Gasteiger partial charge is 0.496 e. The highest BCUT2D eigenvalue weighted by atomic mass is 19.4. The van der Waals surface area contributed by atoms with Crippen molar-refractivity contribution in [3.05, 3.63) is 87.5 Å². The number of nitrogens with zero attached hydrogens (tertiary/aromatic N) is 1. The van der Waals surface area contributed by atoms with Gasteiger partial charge in [-0.15, -0.1) is 0 Å². The molecular formula is C32H29F9N2O2. The van der Waals surface area contributed by atoms with Crippen LogP contribution in [0.1, 0.15) is 83.6 Å². The molecule has 0 aliphatic carbocycles. The van der Waals surface area contributed by atoms with E-state index >= 15 is 0 Å². The molecule has 2 aliphatic rings. The first kappa shape index (κ1) is 32.5. The maximum absolute atomic E-state index is 14.0. The second-order valence-electron chi connectivity index (χ2n) is 11.7. The highest BCUT2D eigenvalue weighted by Gasteiger charge is 2.50. The number of urea groups is 1. The van der Waals surface area contributed by atoms with Crippen LogP contribution in [0.15, 0.2) is 48.5 Å². The molecule has 3 aromatic carbocycles. The van der Waals surface area contributed by atoms with Crippen molar-refractivity contribution in [2.24, 2.45) is 0 Å². The van der Waals surface area contributed by atoms with Gasteiger partial charge in [-0.25, -0.2) is 4.79 Å². The van der Waals surface area contributed by atoms with Crippen molar-refractivity contribution >= 4 is 6.03 Å². The third-order valence-corrected chi connectivity index (χ3v) is 8.53. The summed E-state index contributed by atoms with van der Waals surface area (Å²) in [6, 6.07) is 3.97. The minimum Gasteiger partial charge on any atom is -0.496 e. The number of fused-ring (bicyclic) bond motifs is 1. The second kappa shape index (κ2) is 11.2. The molecule has 1 N–H and O–H groups in total. The van der Waals surface area contributed by atoms with Crippen LogP contribution >= 0.6 is 0 Å². The lowest BCUT2D eigenvalue weighted by Crippen LogP contribution is -2.32. The third kappa shape index (κ3) is 6.05. The fourth-order valence-electron chi connectivity index (χ4n) is 6.49. The molecule has 13 heteroatoms. The van der Waals surface area contributed by atoms with Gasteiger partial charge in [0.2, 0.25) is 0 Å². The van der Waals surface area contributed by atoms with E-state index in [4.69, 9.17) is 4.74 Å². The molecule has 0 bridgehead atoms. The third-order valence-electron chi connectivity index (χ3n) is 8.53. The van der Waals surface area contributed by atoms with Crippen molar-refractivity contribution in [2.45, 2.75) is 76.2 Å². The Morgan fingerprint density at radius 1 is 0.800 bits per heavy atom. The second-order valence-corrected chi connectivity index (χ2v) is 11.7. The van der Waals surface area contributed by atoms with Crippen molar-refractivity contribution in [1.29, 1.82) is 0 Å². The van der Waals surface area contributed by atoms with E-state index < -0.39 is 64.9 Å². The Labute approximate surface area is 253 Å². The zero-order valence-corrected chi connectivity index (χ0v) is 24.5. The van der Waals surface area contributed by atoms with E-state index in [9.17, 15) is 44.3 Å². The van der Waals surface area contributed by atoms with Gasteiger partial charge in [-0.2, -0.15) is 39.5 Å². The van der Waals surface area contributed by atoms with Crippen LogP contribution in [0.5, 0.6) is 5.75 Å². The molecule has 242 valence electrons. The Morgan fingerprint density at radius 3 is 1.93 bits per heavy atom. The van der Waals surface area contributed by atoms with Gasteiger partial charge in [-0.1, -0.05) is 19.9 Å². The van der Waals surface area contributed by atoms with Crippen molar-refractivity contribution in [3.8, 4) is 16.9 Å². The molecule has 2 aliphatic heterocycles. The maximum atomic E-state index is 14.0. The molecule has 0 aromatic heterocycles. The van der Waals surface area contributed by atoms with Gasteiger partial charge < -0.3 is 15.0 Å². The molecule has 45 heavy (non-hydrogen) atoms. The van der Waals surface area contributed by atoms with Gasteiger partial charge in [0, 0.05) is 5.56 Å². The monoisotopic (exact) mass is 644 g/mol. The molecule has 4 nitrogen and oxygen atoms in total. The standard InChI is InChI=1S/C32H29F9N2O2/c1-15(2)22-14-24(27(45-4)9-16(22)3)21-6-5-18(30(33,34)35)13-23(21)25-7-8-26-28(42-29(44)43(25)26)17-10-19(31(36,37)38)12-20(11-17)32(39,40)41/h5-6,9-15,25-26,28H,7-8H2,1-4H3,(H,42,44)/t25-,26-,28+/m0/s1. The first-order chi connectivity index (χ1) is 20.8. The van der Waals surface area contributed by atoms with Crippen LogP contribution in [-0.4, -0.2) is 24.1 Å². The zero-order chi connectivity index (χ0) is 33.2. The normalized spacial score (nSPS) is 20.5. The first-order valence-corrected chi connectivity index (χ1v) is 14.1. The number of aryl methyl sites for hydroxylation is 1. The summed E-state index contributed by atoms with van der Waals surface area (Å²) in [7, 11) is 1.42. The van der Waals surface area contributed by atoms with Crippen molar-refractivity contribution in [2.75, 3.05) is 7.11 Å². The van der Waals surface area contributed by atoms with E-state index in [1.165, 1.54) is 18.1 Å². The molecule has 2 saturated heterocycles. The number of alkyl halides is 9. The van der Waals surface area contributed by atoms with Gasteiger partial charge in [0.25, 0.3) is 0 Å². The van der Waals surface area contributed by atoms with Crippen LogP contribution in [0.25, 0.3) is 11.1 Å². The number of rotatable bonds is 5. The first-order valence-electron chi connectivity index (χ1n) is 14.1. The fourth-order valence-corrected chi connectivity index (χ4v) is 6.49. The molecule has 2 amide bonds. The van der Waals surface area contributed by atoms with Crippen molar-refractivity contribution in [1.82, 2.24) is 10.2 Å². The van der Waals surface area contributed by atoms with Crippen LogP contribution < -0.4 is 10.1 Å². The summed E-state index contributed by atoms with van der Waals surface area (Å²) in [5, 5.41) is 2.49. The summed E-state index contributed by atoms with van der Waals surface area (Å²) in [4.78, 5) is 14.6. The Hall–Kier alpha value is -3.90. The Morgan fingerprint density at radius 2 is 1.40 bits per heavy atom. The number of hydrogen-bond donors (Lipinski definition) is 1. The van der Waals surface area contributed by atoms with Crippen LogP contribution in [0, 0.1) is 6.92 Å². The van der Waals surface area contributed by atoms with E-state index in [-0.39, 0.29) is 30.4 Å². The maximum Gasteiger partial charge on any atom is 0.416 e. The highest BCUT2D eigenvalue weighted by molar-refractivity contribution is 5.81. The molecular weight excluding hydrogens is 615 g/mol. The number of nitrogens with one attached hydrogen (secondary N) is 1. The van der Waals surface area contributed by atoms with Gasteiger partial charge in [0.1, 0.15) is 5.75 Å². The molecule has 0 unspecified atom stereocenters. The number of halogens is 9. The quantitative estimate of drug-likeness (QED) is 0.281. The van der Waals surface area contributed by atoms with Crippen LogP contribution in [-0.2, 0) is 18.5 Å². The molecule has 3 aromatic rings. The minimum absolute atomic E-state index is 0.00475. The predicted molar refractivity (Wildman–Crippen MR) is 148 cm³/mol. The van der Waals surface area contributed by atoms with Crippen LogP contribution in [0.3, 0.4) is 0 Å². The smallest absolute Gasteiger partial charge is 0.416 e. The summed E-state index contributed by atoms with van der Waals surface area (Å²) >= 11 is 0. The molecule has 0 radical (unpaired) electrons. The summed E-state index contributed by atoms with van der Waals surface area (Å²) in [6.07, 6.45) is -14.7. The Balaban J connectivity index is 1.64. The van der Waals surface area contributed by atoms with E-state index in [0.29, 0.717) is 29.0 Å². The van der Waals surface area contributed by atoms with Gasteiger partial charge in [-0.3, -0.25) is 0 Å².